The number of carboxylic acid groups (broad SMARTS) is 1. The summed E-state index contributed by atoms with van der Waals surface area (Å²) >= 11 is 0. The van der Waals surface area contributed by atoms with Crippen LogP contribution in [0.4, 0.5) is 4.79 Å². The van der Waals surface area contributed by atoms with E-state index < -0.39 is 28.9 Å². The summed E-state index contributed by atoms with van der Waals surface area (Å²) in [4.78, 5) is 23.1. The molecule has 0 radical (unpaired) electrons. The van der Waals surface area contributed by atoms with Crippen LogP contribution in [-0.2, 0) is 32.7 Å². The third-order valence-electron chi connectivity index (χ3n) is 3.33. The first-order valence-corrected chi connectivity index (χ1v) is 9.12. The number of aliphatic carboxylic acids is 1. The highest BCUT2D eigenvalue weighted by Gasteiger charge is 2.23. The molecule has 0 aromatic heterocycles. The van der Waals surface area contributed by atoms with Crippen LogP contribution in [0.5, 0.6) is 0 Å². The fourth-order valence-electron chi connectivity index (χ4n) is 2.09. The summed E-state index contributed by atoms with van der Waals surface area (Å²) < 4.78 is 17.1. The number of nitrogens with one attached hydrogen (secondary N) is 1. The second-order valence-corrected chi connectivity index (χ2v) is 6.83. The molecule has 1 amide bonds. The molecule has 6 nitrogen and oxygen atoms in total. The van der Waals surface area contributed by atoms with Gasteiger partial charge in [0, 0.05) is 16.6 Å². The van der Waals surface area contributed by atoms with E-state index in [1.807, 2.05) is 48.5 Å². The van der Waals surface area contributed by atoms with Crippen molar-refractivity contribution in [2.24, 2.45) is 0 Å². The zero-order chi connectivity index (χ0) is 18.1. The predicted molar refractivity (Wildman–Crippen MR) is 94.3 cm³/mol. The van der Waals surface area contributed by atoms with E-state index in [9.17, 15) is 18.9 Å². The second kappa shape index (κ2) is 9.58. The van der Waals surface area contributed by atoms with Gasteiger partial charge in [0.1, 0.15) is 12.6 Å². The Kier molecular flexibility index (Phi) is 7.16. The third kappa shape index (κ3) is 6.76. The zero-order valence-corrected chi connectivity index (χ0v) is 14.3. The molecular weight excluding hydrogens is 342 g/mol. The molecule has 2 aromatic rings. The van der Waals surface area contributed by atoms with Gasteiger partial charge in [-0.3, -0.25) is 4.21 Å². The molecule has 2 aromatic carbocycles. The van der Waals surface area contributed by atoms with Gasteiger partial charge >= 0.3 is 12.1 Å². The summed E-state index contributed by atoms with van der Waals surface area (Å²) in [7, 11) is -1.43. The molecule has 0 aliphatic rings. The lowest BCUT2D eigenvalue weighted by Gasteiger charge is -2.14. The molecule has 0 aliphatic heterocycles. The molecule has 1 unspecified atom stereocenters. The van der Waals surface area contributed by atoms with Gasteiger partial charge in [-0.05, 0) is 11.1 Å². The van der Waals surface area contributed by atoms with E-state index in [2.05, 4.69) is 5.32 Å². The first-order valence-electron chi connectivity index (χ1n) is 7.63. The Bertz CT molecular complexity index is 721. The molecule has 25 heavy (non-hydrogen) atoms. The van der Waals surface area contributed by atoms with Gasteiger partial charge in [0.2, 0.25) is 0 Å². The lowest BCUT2D eigenvalue weighted by Crippen LogP contribution is -2.44. The molecule has 2 N–H and O–H groups in total. The molecule has 0 bridgehead atoms. The van der Waals surface area contributed by atoms with E-state index in [0.717, 1.165) is 11.1 Å². The highest BCUT2D eigenvalue weighted by atomic mass is 32.2. The van der Waals surface area contributed by atoms with Crippen LogP contribution in [0.25, 0.3) is 0 Å². The standard InChI is InChI=1S/C18H19NO5S/c20-17(21)16(13-25(23)12-15-9-5-2-6-10-15)19-18(22)24-11-14-7-3-1-4-8-14/h1-10,16H,11-13H2,(H,19,22)(H,20,21)/t16-,25?/m0/s1. The molecule has 2 rings (SSSR count). The summed E-state index contributed by atoms with van der Waals surface area (Å²) in [6.07, 6.45) is -0.854. The predicted octanol–water partition coefficient (Wildman–Crippen LogP) is 2.31. The van der Waals surface area contributed by atoms with Crippen molar-refractivity contribution >= 4 is 22.9 Å². The number of amides is 1. The smallest absolute Gasteiger partial charge is 0.408 e. The first kappa shape index (κ1) is 18.7. The van der Waals surface area contributed by atoms with Gasteiger partial charge in [-0.2, -0.15) is 0 Å². The van der Waals surface area contributed by atoms with Gasteiger partial charge in [-0.25, -0.2) is 9.59 Å². The van der Waals surface area contributed by atoms with Gasteiger partial charge in [0.15, 0.2) is 0 Å². The van der Waals surface area contributed by atoms with Crippen LogP contribution in [0.2, 0.25) is 0 Å². The van der Waals surface area contributed by atoms with Gasteiger partial charge in [-0.15, -0.1) is 0 Å². The summed E-state index contributed by atoms with van der Waals surface area (Å²) in [6.45, 7) is 0.0338. The van der Waals surface area contributed by atoms with Gasteiger partial charge in [0.05, 0.1) is 5.75 Å². The van der Waals surface area contributed by atoms with Crippen molar-refractivity contribution < 1.29 is 23.6 Å². The Balaban J connectivity index is 1.84. The Labute approximate surface area is 148 Å². The second-order valence-electron chi connectivity index (χ2n) is 5.33. The van der Waals surface area contributed by atoms with Crippen molar-refractivity contribution in [3.05, 3.63) is 71.8 Å². The SMILES string of the molecule is O=C(N[C@@H](CS(=O)Cc1ccccc1)C(=O)O)OCc1ccccc1. The van der Waals surface area contributed by atoms with Gasteiger partial charge in [-0.1, -0.05) is 60.7 Å². The van der Waals surface area contributed by atoms with Crippen molar-refractivity contribution in [3.63, 3.8) is 0 Å². The zero-order valence-electron chi connectivity index (χ0n) is 13.5. The monoisotopic (exact) mass is 361 g/mol. The van der Waals surface area contributed by atoms with Crippen LogP contribution in [-0.4, -0.2) is 33.2 Å². The van der Waals surface area contributed by atoms with E-state index in [4.69, 9.17) is 4.74 Å². The molecule has 0 spiro atoms. The van der Waals surface area contributed by atoms with Crippen molar-refractivity contribution in [2.75, 3.05) is 5.75 Å². The highest BCUT2D eigenvalue weighted by molar-refractivity contribution is 7.84. The van der Waals surface area contributed by atoms with Crippen LogP contribution < -0.4 is 5.32 Å². The highest BCUT2D eigenvalue weighted by Crippen LogP contribution is 2.05. The topological polar surface area (TPSA) is 92.7 Å². The van der Waals surface area contributed by atoms with E-state index in [1.54, 1.807) is 12.1 Å². The lowest BCUT2D eigenvalue weighted by molar-refractivity contribution is -0.138. The average molecular weight is 361 g/mol. The van der Waals surface area contributed by atoms with Crippen molar-refractivity contribution in [1.82, 2.24) is 5.32 Å². The number of ether oxygens (including phenoxy) is 1. The van der Waals surface area contributed by atoms with Crippen LogP contribution >= 0.6 is 0 Å². The first-order chi connectivity index (χ1) is 12.0. The molecule has 0 saturated carbocycles. The molecule has 0 heterocycles. The quantitative estimate of drug-likeness (QED) is 0.753. The van der Waals surface area contributed by atoms with Crippen molar-refractivity contribution in [2.45, 2.75) is 18.4 Å². The van der Waals surface area contributed by atoms with Gasteiger partial charge in [0.25, 0.3) is 0 Å². The van der Waals surface area contributed by atoms with E-state index in [1.165, 1.54) is 0 Å². The minimum absolute atomic E-state index is 0.0338. The maximum Gasteiger partial charge on any atom is 0.408 e. The largest absolute Gasteiger partial charge is 0.480 e. The number of carboxylic acids is 1. The number of hydrogen-bond donors (Lipinski definition) is 2. The molecule has 7 heteroatoms. The van der Waals surface area contributed by atoms with Crippen molar-refractivity contribution in [1.29, 1.82) is 0 Å². The number of hydrogen-bond acceptors (Lipinski definition) is 4. The van der Waals surface area contributed by atoms with Crippen LogP contribution in [0.15, 0.2) is 60.7 Å². The molecule has 2 atom stereocenters. The number of rotatable bonds is 8. The van der Waals surface area contributed by atoms with E-state index >= 15 is 0 Å². The summed E-state index contributed by atoms with van der Waals surface area (Å²) in [6, 6.07) is 16.9. The number of carbonyl (C=O) groups excluding carboxylic acids is 1. The Hall–Kier alpha value is -2.67. The molecule has 0 aliphatic carbocycles. The van der Waals surface area contributed by atoms with Crippen molar-refractivity contribution in [3.8, 4) is 0 Å². The third-order valence-corrected chi connectivity index (χ3v) is 4.69. The Morgan fingerprint density at radius 3 is 2.12 bits per heavy atom. The van der Waals surface area contributed by atoms with Crippen LogP contribution in [0, 0.1) is 0 Å². The summed E-state index contributed by atoms with van der Waals surface area (Å²) in [5.74, 6) is -1.21. The number of benzene rings is 2. The fraction of sp³-hybridized carbons (Fsp3) is 0.222. The number of carbonyl (C=O) groups is 2. The molecule has 0 saturated heterocycles. The van der Waals surface area contributed by atoms with Crippen LogP contribution in [0.1, 0.15) is 11.1 Å². The lowest BCUT2D eigenvalue weighted by atomic mass is 10.2. The Morgan fingerprint density at radius 1 is 1.00 bits per heavy atom. The normalized spacial score (nSPS) is 12.8. The minimum Gasteiger partial charge on any atom is -0.480 e. The maximum atomic E-state index is 12.1. The fourth-order valence-corrected chi connectivity index (χ4v) is 3.37. The van der Waals surface area contributed by atoms with Gasteiger partial charge < -0.3 is 15.2 Å². The average Bonchev–Trinajstić information content (AvgIpc) is 2.61. The summed E-state index contributed by atoms with van der Waals surface area (Å²) in [5.41, 5.74) is 1.63. The van der Waals surface area contributed by atoms with E-state index in [0.29, 0.717) is 0 Å². The van der Waals surface area contributed by atoms with E-state index in [-0.39, 0.29) is 18.1 Å². The molecule has 132 valence electrons. The van der Waals surface area contributed by atoms with Crippen LogP contribution in [0.3, 0.4) is 0 Å². The Morgan fingerprint density at radius 2 is 1.56 bits per heavy atom. The summed E-state index contributed by atoms with van der Waals surface area (Å²) in [5, 5.41) is 11.5. The molecular formula is C18H19NO5S. The number of alkyl carbamates (subject to hydrolysis) is 1. The molecule has 0 fully saturated rings. The maximum absolute atomic E-state index is 12.1. The minimum atomic E-state index is -1.43.